The van der Waals surface area contributed by atoms with Crippen molar-refractivity contribution in [1.29, 1.82) is 5.26 Å². The zero-order chi connectivity index (χ0) is 17.1. The molecule has 3 amide bonds. The van der Waals surface area contributed by atoms with Crippen molar-refractivity contribution in [3.63, 3.8) is 0 Å². The number of nitrogens with zero attached hydrogens (tertiary/aromatic N) is 5. The number of benzene rings is 1. The lowest BCUT2D eigenvalue weighted by molar-refractivity contribution is -0.117. The number of allylic oxidation sites excluding steroid dienone is 1. The number of nitrogens with one attached hydrogen (secondary N) is 3. The molecule has 2 aromatic rings. The van der Waals surface area contributed by atoms with Gasteiger partial charge in [0.05, 0.1) is 11.4 Å². The first-order chi connectivity index (χ1) is 11.6. The molecule has 2 heterocycles. The van der Waals surface area contributed by atoms with Crippen molar-refractivity contribution < 1.29 is 9.59 Å². The van der Waals surface area contributed by atoms with Crippen LogP contribution in [0, 0.1) is 11.3 Å². The number of urea groups is 1. The maximum atomic E-state index is 12.2. The molecule has 1 aliphatic heterocycles. The van der Waals surface area contributed by atoms with E-state index in [0.29, 0.717) is 11.4 Å². The minimum atomic E-state index is -0.588. The predicted molar refractivity (Wildman–Crippen MR) is 83.3 cm³/mol. The second-order valence-corrected chi connectivity index (χ2v) is 4.91. The summed E-state index contributed by atoms with van der Waals surface area (Å²) in [4.78, 5) is 25.2. The standard InChI is InChI=1S/C14H12N8O2/c1-8-13(23)22(14(24)17-8)11-5-3-2-4-10(11)16-7-9(6-15)12-18-20-21-19-12/h2-5,7-8,16H,1H3,(H,17,24)(H,18,19,20,21). The van der Waals surface area contributed by atoms with Gasteiger partial charge in [-0.05, 0) is 24.3 Å². The third-order valence-electron chi connectivity index (χ3n) is 3.36. The van der Waals surface area contributed by atoms with Crippen molar-refractivity contribution >= 4 is 28.9 Å². The zero-order valence-electron chi connectivity index (χ0n) is 12.5. The molecule has 1 atom stereocenters. The van der Waals surface area contributed by atoms with Crippen LogP contribution in [0.5, 0.6) is 0 Å². The van der Waals surface area contributed by atoms with Crippen molar-refractivity contribution in [2.24, 2.45) is 0 Å². The summed E-state index contributed by atoms with van der Waals surface area (Å²) in [5.41, 5.74) is 1.00. The van der Waals surface area contributed by atoms with Crippen LogP contribution < -0.4 is 15.5 Å². The molecule has 1 unspecified atom stereocenters. The molecule has 1 aromatic carbocycles. The summed E-state index contributed by atoms with van der Waals surface area (Å²) in [6, 6.07) is 7.62. The number of hydrogen-bond acceptors (Lipinski definition) is 7. The van der Waals surface area contributed by atoms with Gasteiger partial charge in [-0.2, -0.15) is 10.5 Å². The highest BCUT2D eigenvalue weighted by molar-refractivity contribution is 6.22. The minimum absolute atomic E-state index is 0.131. The fourth-order valence-electron chi connectivity index (χ4n) is 2.20. The Morgan fingerprint density at radius 1 is 1.42 bits per heavy atom. The molecular weight excluding hydrogens is 312 g/mol. The van der Waals surface area contributed by atoms with Crippen LogP contribution >= 0.6 is 0 Å². The van der Waals surface area contributed by atoms with E-state index < -0.39 is 12.1 Å². The Kier molecular flexibility index (Phi) is 3.90. The molecule has 0 radical (unpaired) electrons. The number of imide groups is 1. The quantitative estimate of drug-likeness (QED) is 0.553. The molecule has 1 saturated heterocycles. The molecule has 1 aromatic heterocycles. The molecule has 1 aliphatic rings. The van der Waals surface area contributed by atoms with E-state index in [1.807, 2.05) is 6.07 Å². The number of tetrazole rings is 1. The second-order valence-electron chi connectivity index (χ2n) is 4.91. The molecule has 0 saturated carbocycles. The Hall–Kier alpha value is -3.74. The van der Waals surface area contributed by atoms with E-state index >= 15 is 0 Å². The summed E-state index contributed by atoms with van der Waals surface area (Å²) in [6.07, 6.45) is 1.38. The number of carbonyl (C=O) groups excluding carboxylic acids is 2. The number of nitriles is 1. The first kappa shape index (κ1) is 15.2. The number of H-pyrrole nitrogens is 1. The third-order valence-corrected chi connectivity index (χ3v) is 3.36. The number of aromatic amines is 1. The van der Waals surface area contributed by atoms with Crippen LogP contribution in [0.15, 0.2) is 30.5 Å². The molecule has 120 valence electrons. The van der Waals surface area contributed by atoms with Crippen LogP contribution in [0.1, 0.15) is 12.7 Å². The molecule has 10 nitrogen and oxygen atoms in total. The summed E-state index contributed by atoms with van der Waals surface area (Å²) in [5, 5.41) is 27.7. The van der Waals surface area contributed by atoms with E-state index in [-0.39, 0.29) is 17.3 Å². The Morgan fingerprint density at radius 3 is 2.83 bits per heavy atom. The number of anilines is 2. The number of amides is 3. The van der Waals surface area contributed by atoms with E-state index in [4.69, 9.17) is 5.26 Å². The maximum absolute atomic E-state index is 12.2. The summed E-state index contributed by atoms with van der Waals surface area (Å²) >= 11 is 0. The summed E-state index contributed by atoms with van der Waals surface area (Å²) in [7, 11) is 0. The highest BCUT2D eigenvalue weighted by Crippen LogP contribution is 2.28. The first-order valence-corrected chi connectivity index (χ1v) is 6.96. The van der Waals surface area contributed by atoms with E-state index in [1.165, 1.54) is 6.20 Å². The van der Waals surface area contributed by atoms with Gasteiger partial charge in [-0.25, -0.2) is 9.69 Å². The molecule has 0 bridgehead atoms. The highest BCUT2D eigenvalue weighted by Gasteiger charge is 2.37. The maximum Gasteiger partial charge on any atom is 0.329 e. The monoisotopic (exact) mass is 324 g/mol. The minimum Gasteiger partial charge on any atom is -0.359 e. The number of para-hydroxylation sites is 2. The van der Waals surface area contributed by atoms with Crippen molar-refractivity contribution in [3.05, 3.63) is 36.3 Å². The fraction of sp³-hybridized carbons (Fsp3) is 0.143. The Balaban J connectivity index is 1.92. The molecule has 24 heavy (non-hydrogen) atoms. The summed E-state index contributed by atoms with van der Waals surface area (Å²) in [5.74, 6) is -0.219. The van der Waals surface area contributed by atoms with Gasteiger partial charge in [-0.3, -0.25) is 4.79 Å². The molecule has 3 N–H and O–H groups in total. The largest absolute Gasteiger partial charge is 0.359 e. The lowest BCUT2D eigenvalue weighted by Crippen LogP contribution is -2.31. The Bertz CT molecular complexity index is 852. The summed E-state index contributed by atoms with van der Waals surface area (Å²) < 4.78 is 0. The van der Waals surface area contributed by atoms with Gasteiger partial charge >= 0.3 is 6.03 Å². The fourth-order valence-corrected chi connectivity index (χ4v) is 2.20. The van der Waals surface area contributed by atoms with E-state index in [1.54, 1.807) is 31.2 Å². The predicted octanol–water partition coefficient (Wildman–Crippen LogP) is 0.621. The number of carbonyl (C=O) groups is 2. The smallest absolute Gasteiger partial charge is 0.329 e. The Morgan fingerprint density at radius 2 is 2.21 bits per heavy atom. The van der Waals surface area contributed by atoms with Crippen LogP contribution in [0.2, 0.25) is 0 Å². The lowest BCUT2D eigenvalue weighted by atomic mass is 10.2. The number of rotatable bonds is 4. The van der Waals surface area contributed by atoms with Gasteiger partial charge in [-0.1, -0.05) is 12.1 Å². The normalized spacial score (nSPS) is 17.6. The molecule has 0 spiro atoms. The van der Waals surface area contributed by atoms with Gasteiger partial charge in [-0.15, -0.1) is 10.2 Å². The average Bonchev–Trinajstić information content (AvgIpc) is 3.18. The van der Waals surface area contributed by atoms with Crippen molar-refractivity contribution in [3.8, 4) is 6.07 Å². The van der Waals surface area contributed by atoms with Crippen LogP contribution in [0.4, 0.5) is 16.2 Å². The molecule has 1 fully saturated rings. The van der Waals surface area contributed by atoms with Crippen LogP contribution in [-0.2, 0) is 4.79 Å². The zero-order valence-corrected chi connectivity index (χ0v) is 12.5. The van der Waals surface area contributed by atoms with Gasteiger partial charge in [0, 0.05) is 6.20 Å². The average molecular weight is 324 g/mol. The molecule has 10 heteroatoms. The topological polar surface area (TPSA) is 140 Å². The van der Waals surface area contributed by atoms with Gasteiger partial charge in [0.1, 0.15) is 17.7 Å². The SMILES string of the molecule is CC1NC(=O)N(c2ccccc2NC=C(C#N)c2nn[nH]n2)C1=O. The van der Waals surface area contributed by atoms with Crippen molar-refractivity contribution in [1.82, 2.24) is 25.9 Å². The first-order valence-electron chi connectivity index (χ1n) is 6.96. The van der Waals surface area contributed by atoms with E-state index in [0.717, 1.165) is 4.90 Å². The number of hydrogen-bond donors (Lipinski definition) is 3. The summed E-state index contributed by atoms with van der Waals surface area (Å²) in [6.45, 7) is 1.61. The van der Waals surface area contributed by atoms with Crippen molar-refractivity contribution in [2.75, 3.05) is 10.2 Å². The number of aromatic nitrogens is 4. The highest BCUT2D eigenvalue weighted by atomic mass is 16.2. The van der Waals surface area contributed by atoms with Crippen LogP contribution in [0.25, 0.3) is 5.57 Å². The van der Waals surface area contributed by atoms with Gasteiger partial charge in [0.25, 0.3) is 5.91 Å². The lowest BCUT2D eigenvalue weighted by Gasteiger charge is -2.17. The van der Waals surface area contributed by atoms with Gasteiger partial charge in [0.2, 0.25) is 5.82 Å². The molecular formula is C14H12N8O2. The molecule has 0 aliphatic carbocycles. The molecule has 3 rings (SSSR count). The second kappa shape index (κ2) is 6.17. The van der Waals surface area contributed by atoms with Gasteiger partial charge < -0.3 is 10.6 Å². The van der Waals surface area contributed by atoms with E-state index in [2.05, 4.69) is 31.3 Å². The van der Waals surface area contributed by atoms with Crippen LogP contribution in [-0.4, -0.2) is 38.6 Å². The third kappa shape index (κ3) is 2.66. The van der Waals surface area contributed by atoms with E-state index in [9.17, 15) is 9.59 Å². The van der Waals surface area contributed by atoms with Crippen molar-refractivity contribution in [2.45, 2.75) is 13.0 Å². The Labute approximate surface area is 136 Å². The van der Waals surface area contributed by atoms with Crippen LogP contribution in [0.3, 0.4) is 0 Å². The van der Waals surface area contributed by atoms with Gasteiger partial charge in [0.15, 0.2) is 0 Å².